The van der Waals surface area contributed by atoms with E-state index < -0.39 is 22.3 Å². The standard InChI is InChI=1S/C10H16Cl2O2/c1-5-6(8(11)13)7(9(12)14)10(2,3)4/h6-7H,5H2,1-4H3. The van der Waals surface area contributed by atoms with E-state index in [1.54, 1.807) is 0 Å². The summed E-state index contributed by atoms with van der Waals surface area (Å²) >= 11 is 10.9. The predicted octanol–water partition coefficient (Wildman–Crippen LogP) is 3.21. The van der Waals surface area contributed by atoms with E-state index in [2.05, 4.69) is 0 Å². The van der Waals surface area contributed by atoms with Gasteiger partial charge in [-0.25, -0.2) is 0 Å². The SMILES string of the molecule is CCC(C(=O)Cl)C(C(=O)Cl)C(C)(C)C. The molecule has 0 aromatic heterocycles. The summed E-state index contributed by atoms with van der Waals surface area (Å²) in [5.41, 5.74) is -0.343. The summed E-state index contributed by atoms with van der Waals surface area (Å²) in [5.74, 6) is -0.999. The van der Waals surface area contributed by atoms with Crippen molar-refractivity contribution in [3.8, 4) is 0 Å². The van der Waals surface area contributed by atoms with Crippen LogP contribution in [0.4, 0.5) is 0 Å². The first kappa shape index (κ1) is 13.9. The molecule has 0 radical (unpaired) electrons. The van der Waals surface area contributed by atoms with E-state index in [4.69, 9.17) is 23.2 Å². The molecule has 0 spiro atoms. The lowest BCUT2D eigenvalue weighted by molar-refractivity contribution is -0.127. The number of hydrogen-bond donors (Lipinski definition) is 0. The smallest absolute Gasteiger partial charge is 0.226 e. The van der Waals surface area contributed by atoms with E-state index in [0.717, 1.165) is 0 Å². The fourth-order valence-corrected chi connectivity index (χ4v) is 2.39. The summed E-state index contributed by atoms with van der Waals surface area (Å²) in [4.78, 5) is 22.4. The first-order chi connectivity index (χ1) is 6.21. The summed E-state index contributed by atoms with van der Waals surface area (Å²) in [6, 6.07) is 0. The summed E-state index contributed by atoms with van der Waals surface area (Å²) in [5, 5.41) is -0.972. The van der Waals surface area contributed by atoms with Crippen molar-refractivity contribution >= 4 is 33.7 Å². The molecule has 0 saturated carbocycles. The molecular weight excluding hydrogens is 223 g/mol. The van der Waals surface area contributed by atoms with Crippen LogP contribution in [-0.2, 0) is 9.59 Å². The van der Waals surface area contributed by atoms with Crippen LogP contribution in [-0.4, -0.2) is 10.5 Å². The van der Waals surface area contributed by atoms with Crippen LogP contribution >= 0.6 is 23.2 Å². The Morgan fingerprint density at radius 3 is 1.64 bits per heavy atom. The molecular formula is C10H16Cl2O2. The highest BCUT2D eigenvalue weighted by atomic mass is 35.5. The third-order valence-electron chi connectivity index (χ3n) is 2.31. The van der Waals surface area contributed by atoms with Crippen LogP contribution in [0.2, 0.25) is 0 Å². The van der Waals surface area contributed by atoms with Gasteiger partial charge in [0.05, 0.1) is 0 Å². The lowest BCUT2D eigenvalue weighted by atomic mass is 9.73. The van der Waals surface area contributed by atoms with Crippen molar-refractivity contribution < 1.29 is 9.59 Å². The summed E-state index contributed by atoms with van der Waals surface area (Å²) in [6.45, 7) is 7.45. The maximum Gasteiger partial charge on any atom is 0.226 e. The highest BCUT2D eigenvalue weighted by molar-refractivity contribution is 6.66. The second-order valence-corrected chi connectivity index (χ2v) is 5.21. The molecule has 0 aromatic rings. The van der Waals surface area contributed by atoms with Gasteiger partial charge in [-0.3, -0.25) is 9.59 Å². The van der Waals surface area contributed by atoms with Crippen molar-refractivity contribution in [3.63, 3.8) is 0 Å². The molecule has 0 amide bonds. The van der Waals surface area contributed by atoms with E-state index >= 15 is 0 Å². The Morgan fingerprint density at radius 1 is 1.14 bits per heavy atom. The quantitative estimate of drug-likeness (QED) is 0.706. The zero-order chi connectivity index (χ0) is 11.5. The molecule has 0 aliphatic heterocycles. The van der Waals surface area contributed by atoms with Crippen LogP contribution in [0.15, 0.2) is 0 Å². The van der Waals surface area contributed by atoms with Gasteiger partial charge in [0, 0.05) is 11.8 Å². The van der Waals surface area contributed by atoms with Gasteiger partial charge < -0.3 is 0 Å². The lowest BCUT2D eigenvalue weighted by Crippen LogP contribution is -2.35. The van der Waals surface area contributed by atoms with Gasteiger partial charge in [-0.2, -0.15) is 0 Å². The maximum atomic E-state index is 11.2. The Labute approximate surface area is 95.0 Å². The average molecular weight is 239 g/mol. The minimum Gasteiger partial charge on any atom is -0.281 e. The molecule has 0 saturated heterocycles. The third kappa shape index (κ3) is 3.58. The molecule has 0 N–H and O–H groups in total. The van der Waals surface area contributed by atoms with Gasteiger partial charge in [0.1, 0.15) is 0 Å². The second kappa shape index (κ2) is 5.13. The summed E-state index contributed by atoms with van der Waals surface area (Å²) in [6.07, 6.45) is 0.530. The van der Waals surface area contributed by atoms with Gasteiger partial charge >= 0.3 is 0 Å². The molecule has 2 nitrogen and oxygen atoms in total. The number of halogens is 2. The van der Waals surface area contributed by atoms with Crippen molar-refractivity contribution in [1.29, 1.82) is 0 Å². The Hall–Kier alpha value is -0.0800. The molecule has 2 unspecified atom stereocenters. The molecule has 0 bridgehead atoms. The van der Waals surface area contributed by atoms with E-state index in [0.29, 0.717) is 6.42 Å². The lowest BCUT2D eigenvalue weighted by Gasteiger charge is -2.31. The maximum absolute atomic E-state index is 11.2. The van der Waals surface area contributed by atoms with Crippen molar-refractivity contribution in [2.45, 2.75) is 34.1 Å². The van der Waals surface area contributed by atoms with Crippen molar-refractivity contribution in [2.24, 2.45) is 17.3 Å². The van der Waals surface area contributed by atoms with Crippen LogP contribution in [0.3, 0.4) is 0 Å². The van der Waals surface area contributed by atoms with E-state index in [9.17, 15) is 9.59 Å². The number of rotatable bonds is 4. The summed E-state index contributed by atoms with van der Waals surface area (Å²) in [7, 11) is 0. The highest BCUT2D eigenvalue weighted by Gasteiger charge is 2.39. The first-order valence-corrected chi connectivity index (χ1v) is 5.36. The Balaban J connectivity index is 4.99. The molecule has 14 heavy (non-hydrogen) atoms. The van der Waals surface area contributed by atoms with Gasteiger partial charge in [-0.05, 0) is 35.0 Å². The van der Waals surface area contributed by atoms with Gasteiger partial charge in [0.15, 0.2) is 0 Å². The molecule has 0 aromatic carbocycles. The monoisotopic (exact) mass is 238 g/mol. The number of carbonyl (C=O) groups is 2. The van der Waals surface area contributed by atoms with E-state index in [1.807, 2.05) is 27.7 Å². The normalized spacial score (nSPS) is 16.1. The van der Waals surface area contributed by atoms with Gasteiger partial charge in [0.25, 0.3) is 0 Å². The highest BCUT2D eigenvalue weighted by Crippen LogP contribution is 2.36. The van der Waals surface area contributed by atoms with Crippen LogP contribution in [0, 0.1) is 17.3 Å². The average Bonchev–Trinajstić information content (AvgIpc) is 1.95. The van der Waals surface area contributed by atoms with Gasteiger partial charge in [0.2, 0.25) is 10.5 Å². The Morgan fingerprint density at radius 2 is 1.57 bits per heavy atom. The molecule has 2 atom stereocenters. The summed E-state index contributed by atoms with van der Waals surface area (Å²) < 4.78 is 0. The molecule has 0 aliphatic rings. The molecule has 0 heterocycles. The minimum absolute atomic E-state index is 0.343. The third-order valence-corrected chi connectivity index (χ3v) is 2.83. The van der Waals surface area contributed by atoms with Crippen molar-refractivity contribution in [3.05, 3.63) is 0 Å². The van der Waals surface area contributed by atoms with Crippen LogP contribution in [0.5, 0.6) is 0 Å². The zero-order valence-corrected chi connectivity index (χ0v) is 10.4. The first-order valence-electron chi connectivity index (χ1n) is 4.60. The Kier molecular flexibility index (Phi) is 5.10. The molecule has 4 heteroatoms. The van der Waals surface area contributed by atoms with Gasteiger partial charge in [-0.15, -0.1) is 0 Å². The van der Waals surface area contributed by atoms with Crippen molar-refractivity contribution in [1.82, 2.24) is 0 Å². The molecule has 0 aliphatic carbocycles. The van der Waals surface area contributed by atoms with E-state index in [-0.39, 0.29) is 5.41 Å². The topological polar surface area (TPSA) is 34.1 Å². The molecule has 0 fully saturated rings. The molecule has 82 valence electrons. The number of carbonyl (C=O) groups excluding carboxylic acids is 2. The zero-order valence-electron chi connectivity index (χ0n) is 8.93. The van der Waals surface area contributed by atoms with Crippen LogP contribution < -0.4 is 0 Å². The fraction of sp³-hybridized carbons (Fsp3) is 0.800. The minimum atomic E-state index is -0.515. The van der Waals surface area contributed by atoms with Crippen LogP contribution in [0.25, 0.3) is 0 Å². The van der Waals surface area contributed by atoms with Crippen molar-refractivity contribution in [2.75, 3.05) is 0 Å². The largest absolute Gasteiger partial charge is 0.281 e. The number of hydrogen-bond acceptors (Lipinski definition) is 2. The molecule has 0 rings (SSSR count). The van der Waals surface area contributed by atoms with Crippen LogP contribution in [0.1, 0.15) is 34.1 Å². The Bertz CT molecular complexity index is 231. The van der Waals surface area contributed by atoms with Gasteiger partial charge in [-0.1, -0.05) is 27.7 Å². The van der Waals surface area contributed by atoms with E-state index in [1.165, 1.54) is 0 Å². The fourth-order valence-electron chi connectivity index (χ4n) is 1.63. The predicted molar refractivity (Wildman–Crippen MR) is 58.4 cm³/mol. The second-order valence-electron chi connectivity index (χ2n) is 4.47.